The van der Waals surface area contributed by atoms with Crippen LogP contribution in [0.1, 0.15) is 27.2 Å². The second kappa shape index (κ2) is 6.27. The van der Waals surface area contributed by atoms with Crippen LogP contribution >= 0.6 is 0 Å². The number of likely N-dealkylation sites (N-methyl/N-ethyl adjacent to an activating group) is 1. The summed E-state index contributed by atoms with van der Waals surface area (Å²) in [6.45, 7) is 6.72. The van der Waals surface area contributed by atoms with Crippen molar-refractivity contribution in [2.45, 2.75) is 39.2 Å². The van der Waals surface area contributed by atoms with E-state index < -0.39 is 18.6 Å². The van der Waals surface area contributed by atoms with Gasteiger partial charge in [-0.1, -0.05) is 13.8 Å². The van der Waals surface area contributed by atoms with Crippen molar-refractivity contribution in [1.82, 2.24) is 5.32 Å². The number of hydrogen-bond donors (Lipinski definition) is 1. The Kier molecular flexibility index (Phi) is 6.16. The lowest BCUT2D eigenvalue weighted by molar-refractivity contribution is -0.0797. The van der Waals surface area contributed by atoms with Gasteiger partial charge in [-0.05, 0) is 19.9 Å². The Morgan fingerprint density at radius 3 is 2.38 bits per heavy atom. The van der Waals surface area contributed by atoms with Crippen molar-refractivity contribution in [3.8, 4) is 0 Å². The lowest BCUT2D eigenvalue weighted by atomic mass is 10.0. The fourth-order valence-electron chi connectivity index (χ4n) is 0.932. The van der Waals surface area contributed by atoms with Gasteiger partial charge in [0.25, 0.3) is 6.43 Å². The van der Waals surface area contributed by atoms with Crippen LogP contribution in [0.25, 0.3) is 0 Å². The van der Waals surface area contributed by atoms with Crippen LogP contribution < -0.4 is 5.32 Å². The van der Waals surface area contributed by atoms with E-state index in [0.717, 1.165) is 13.0 Å². The van der Waals surface area contributed by atoms with Crippen LogP contribution in [-0.2, 0) is 4.74 Å². The normalized spacial score (nSPS) is 16.2. The minimum Gasteiger partial charge on any atom is -0.368 e. The Balaban J connectivity index is 3.81. The molecule has 0 heterocycles. The molecule has 0 aromatic rings. The third-order valence-corrected chi connectivity index (χ3v) is 2.05. The molecule has 0 aromatic carbocycles. The molecule has 13 heavy (non-hydrogen) atoms. The highest BCUT2D eigenvalue weighted by atomic mass is 19.3. The maximum atomic E-state index is 11.9. The second-order valence-electron chi connectivity index (χ2n) is 3.29. The first-order valence-electron chi connectivity index (χ1n) is 4.67. The number of rotatable bonds is 7. The first-order chi connectivity index (χ1) is 6.04. The van der Waals surface area contributed by atoms with Crippen LogP contribution in [0.15, 0.2) is 0 Å². The van der Waals surface area contributed by atoms with Crippen LogP contribution in [0, 0.1) is 0 Å². The third-order valence-electron chi connectivity index (χ3n) is 2.05. The standard InChI is InChI=1S/C9H19F2NO/c1-4-9(3,7-12-5-2)13-6-8(10)11/h8,12H,4-7H2,1-3H3. The number of ether oxygens (including phenoxy) is 1. The summed E-state index contributed by atoms with van der Waals surface area (Å²) < 4.78 is 28.9. The van der Waals surface area contributed by atoms with Gasteiger partial charge in [0.05, 0.1) is 5.60 Å². The van der Waals surface area contributed by atoms with Gasteiger partial charge in [0.15, 0.2) is 0 Å². The van der Waals surface area contributed by atoms with Gasteiger partial charge in [0, 0.05) is 6.54 Å². The number of hydrogen-bond acceptors (Lipinski definition) is 2. The van der Waals surface area contributed by atoms with E-state index in [1.165, 1.54) is 0 Å². The number of halogens is 2. The Labute approximate surface area is 78.7 Å². The minimum atomic E-state index is -2.38. The van der Waals surface area contributed by atoms with Crippen LogP contribution in [0.4, 0.5) is 8.78 Å². The summed E-state index contributed by atoms with van der Waals surface area (Å²) in [7, 11) is 0. The van der Waals surface area contributed by atoms with Gasteiger partial charge in [0.2, 0.25) is 0 Å². The Bertz CT molecular complexity index is 133. The van der Waals surface area contributed by atoms with Crippen molar-refractivity contribution in [2.24, 2.45) is 0 Å². The maximum absolute atomic E-state index is 11.9. The van der Waals surface area contributed by atoms with Crippen molar-refractivity contribution in [3.05, 3.63) is 0 Å². The van der Waals surface area contributed by atoms with E-state index in [2.05, 4.69) is 5.32 Å². The maximum Gasteiger partial charge on any atom is 0.261 e. The first-order valence-corrected chi connectivity index (χ1v) is 4.67. The highest BCUT2D eigenvalue weighted by molar-refractivity contribution is 4.76. The zero-order valence-electron chi connectivity index (χ0n) is 8.57. The lowest BCUT2D eigenvalue weighted by Crippen LogP contribution is -2.41. The van der Waals surface area contributed by atoms with Crippen molar-refractivity contribution in [3.63, 3.8) is 0 Å². The molecule has 0 aliphatic carbocycles. The van der Waals surface area contributed by atoms with Gasteiger partial charge in [-0.2, -0.15) is 0 Å². The molecule has 0 bridgehead atoms. The van der Waals surface area contributed by atoms with Crippen molar-refractivity contribution < 1.29 is 13.5 Å². The second-order valence-corrected chi connectivity index (χ2v) is 3.29. The molecule has 0 saturated carbocycles. The highest BCUT2D eigenvalue weighted by Gasteiger charge is 2.23. The molecule has 0 amide bonds. The van der Waals surface area contributed by atoms with Gasteiger partial charge in [0.1, 0.15) is 6.61 Å². The molecule has 0 aliphatic rings. The number of nitrogens with one attached hydrogen (secondary N) is 1. The quantitative estimate of drug-likeness (QED) is 0.671. The average Bonchev–Trinajstić information content (AvgIpc) is 2.11. The summed E-state index contributed by atoms with van der Waals surface area (Å²) >= 11 is 0. The minimum absolute atomic E-state index is 0.466. The number of alkyl halides is 2. The summed E-state index contributed by atoms with van der Waals surface area (Å²) in [5.74, 6) is 0. The van der Waals surface area contributed by atoms with Crippen LogP contribution in [0.2, 0.25) is 0 Å². The van der Waals surface area contributed by atoms with E-state index in [9.17, 15) is 8.78 Å². The van der Waals surface area contributed by atoms with Gasteiger partial charge in [-0.15, -0.1) is 0 Å². The Hall–Kier alpha value is -0.220. The molecular weight excluding hydrogens is 176 g/mol. The summed E-state index contributed by atoms with van der Waals surface area (Å²) in [5, 5.41) is 3.09. The Morgan fingerprint density at radius 1 is 1.38 bits per heavy atom. The van der Waals surface area contributed by atoms with Gasteiger partial charge in [-0.3, -0.25) is 0 Å². The molecule has 0 radical (unpaired) electrons. The van der Waals surface area contributed by atoms with Crippen molar-refractivity contribution in [1.29, 1.82) is 0 Å². The van der Waals surface area contributed by atoms with Crippen LogP contribution in [0.5, 0.6) is 0 Å². The molecular formula is C9H19F2NO. The molecule has 0 rings (SSSR count). The predicted octanol–water partition coefficient (Wildman–Crippen LogP) is 2.05. The molecule has 0 aliphatic heterocycles. The SMILES string of the molecule is CCNCC(C)(CC)OCC(F)F. The molecule has 1 atom stereocenters. The van der Waals surface area contributed by atoms with Crippen molar-refractivity contribution >= 4 is 0 Å². The van der Waals surface area contributed by atoms with E-state index in [0.29, 0.717) is 6.54 Å². The molecule has 0 fully saturated rings. The predicted molar refractivity (Wildman–Crippen MR) is 49.2 cm³/mol. The molecule has 0 saturated heterocycles. The summed E-state index contributed by atoms with van der Waals surface area (Å²) in [5.41, 5.74) is -0.466. The van der Waals surface area contributed by atoms with E-state index in [4.69, 9.17) is 4.74 Å². The Morgan fingerprint density at radius 2 is 2.00 bits per heavy atom. The lowest BCUT2D eigenvalue weighted by Gasteiger charge is -2.28. The van der Waals surface area contributed by atoms with E-state index in [1.807, 2.05) is 20.8 Å². The molecule has 0 aromatic heterocycles. The molecule has 0 spiro atoms. The third kappa shape index (κ3) is 5.93. The van der Waals surface area contributed by atoms with Gasteiger partial charge >= 0.3 is 0 Å². The van der Waals surface area contributed by atoms with Crippen LogP contribution in [0.3, 0.4) is 0 Å². The molecule has 2 nitrogen and oxygen atoms in total. The molecule has 1 unspecified atom stereocenters. The zero-order chi connectivity index (χ0) is 10.3. The topological polar surface area (TPSA) is 21.3 Å². The van der Waals surface area contributed by atoms with Gasteiger partial charge < -0.3 is 10.1 Å². The molecule has 1 N–H and O–H groups in total. The first kappa shape index (κ1) is 12.8. The smallest absolute Gasteiger partial charge is 0.261 e. The average molecular weight is 195 g/mol. The van der Waals surface area contributed by atoms with E-state index in [1.54, 1.807) is 0 Å². The summed E-state index contributed by atoms with van der Waals surface area (Å²) in [6, 6.07) is 0. The van der Waals surface area contributed by atoms with Crippen molar-refractivity contribution in [2.75, 3.05) is 19.7 Å². The van der Waals surface area contributed by atoms with E-state index in [-0.39, 0.29) is 0 Å². The van der Waals surface area contributed by atoms with Gasteiger partial charge in [-0.25, -0.2) is 8.78 Å². The van der Waals surface area contributed by atoms with E-state index >= 15 is 0 Å². The fraction of sp³-hybridized carbons (Fsp3) is 1.00. The fourth-order valence-corrected chi connectivity index (χ4v) is 0.932. The highest BCUT2D eigenvalue weighted by Crippen LogP contribution is 2.15. The zero-order valence-corrected chi connectivity index (χ0v) is 8.57. The summed E-state index contributed by atoms with van der Waals surface area (Å²) in [6.07, 6.45) is -1.65. The summed E-state index contributed by atoms with van der Waals surface area (Å²) in [4.78, 5) is 0. The molecule has 4 heteroatoms. The largest absolute Gasteiger partial charge is 0.368 e. The monoisotopic (exact) mass is 195 g/mol. The molecule has 80 valence electrons. The van der Waals surface area contributed by atoms with Crippen LogP contribution in [-0.4, -0.2) is 31.7 Å².